The first-order valence-corrected chi connectivity index (χ1v) is 5.12. The van der Waals surface area contributed by atoms with Crippen LogP contribution in [0.1, 0.15) is 11.1 Å². The van der Waals surface area contributed by atoms with Crippen LogP contribution in [0.4, 0.5) is 5.95 Å². The zero-order valence-electron chi connectivity index (χ0n) is 9.33. The van der Waals surface area contributed by atoms with Gasteiger partial charge in [0.25, 0.3) is 0 Å². The van der Waals surface area contributed by atoms with Crippen molar-refractivity contribution in [3.05, 3.63) is 47.8 Å². The lowest BCUT2D eigenvalue weighted by atomic mass is 10.1. The summed E-state index contributed by atoms with van der Waals surface area (Å²) in [6, 6.07) is 7.19. The summed E-state index contributed by atoms with van der Waals surface area (Å²) in [5, 5.41) is 13.7. The highest BCUT2D eigenvalue weighted by atomic mass is 16.3. The number of para-hydroxylation sites is 1. The van der Waals surface area contributed by atoms with Gasteiger partial charge < -0.3 is 5.11 Å². The Labute approximate surface area is 98.9 Å². The molecule has 0 aliphatic carbocycles. The van der Waals surface area contributed by atoms with Crippen molar-refractivity contribution < 1.29 is 5.11 Å². The van der Waals surface area contributed by atoms with Crippen LogP contribution >= 0.6 is 0 Å². The molecule has 0 spiro atoms. The van der Waals surface area contributed by atoms with E-state index < -0.39 is 0 Å². The van der Waals surface area contributed by atoms with Gasteiger partial charge in [0.05, 0.1) is 6.21 Å². The maximum absolute atomic E-state index is 9.74. The molecule has 0 aliphatic rings. The summed E-state index contributed by atoms with van der Waals surface area (Å²) in [6.07, 6.45) is 4.77. The Bertz CT molecular complexity index is 525. The van der Waals surface area contributed by atoms with Crippen LogP contribution in [0.25, 0.3) is 0 Å². The smallest absolute Gasteiger partial charge is 0.243 e. The van der Waals surface area contributed by atoms with E-state index >= 15 is 0 Å². The molecule has 5 nitrogen and oxygen atoms in total. The molecule has 0 saturated carbocycles. The minimum Gasteiger partial charge on any atom is -0.507 e. The second-order valence-electron chi connectivity index (χ2n) is 3.46. The third-order valence-corrected chi connectivity index (χ3v) is 2.20. The molecule has 2 rings (SSSR count). The van der Waals surface area contributed by atoms with Gasteiger partial charge in [-0.05, 0) is 24.6 Å². The molecule has 0 amide bonds. The van der Waals surface area contributed by atoms with Gasteiger partial charge >= 0.3 is 0 Å². The van der Waals surface area contributed by atoms with E-state index in [1.807, 2.05) is 19.1 Å². The molecule has 2 aromatic rings. The van der Waals surface area contributed by atoms with Crippen molar-refractivity contribution in [1.29, 1.82) is 0 Å². The first kappa shape index (κ1) is 11.1. The minimum absolute atomic E-state index is 0.229. The topological polar surface area (TPSA) is 70.4 Å². The van der Waals surface area contributed by atoms with E-state index in [4.69, 9.17) is 0 Å². The number of hydrogen-bond donors (Lipinski definition) is 2. The lowest BCUT2D eigenvalue weighted by molar-refractivity contribution is 0.470. The van der Waals surface area contributed by atoms with Crippen molar-refractivity contribution in [2.45, 2.75) is 6.92 Å². The average Bonchev–Trinajstić information content (AvgIpc) is 2.36. The molecule has 0 unspecified atom stereocenters. The van der Waals surface area contributed by atoms with Gasteiger partial charge in [-0.2, -0.15) is 5.10 Å². The lowest BCUT2D eigenvalue weighted by Gasteiger charge is -2.01. The maximum Gasteiger partial charge on any atom is 0.243 e. The molecule has 5 heteroatoms. The van der Waals surface area contributed by atoms with E-state index in [9.17, 15) is 5.11 Å². The van der Waals surface area contributed by atoms with Crippen LogP contribution in [-0.2, 0) is 0 Å². The van der Waals surface area contributed by atoms with Gasteiger partial charge in [0.1, 0.15) is 5.75 Å². The van der Waals surface area contributed by atoms with Gasteiger partial charge in [-0.3, -0.25) is 0 Å². The number of phenols is 1. The average molecular weight is 228 g/mol. The lowest BCUT2D eigenvalue weighted by Crippen LogP contribution is -1.95. The number of anilines is 1. The molecule has 1 aromatic carbocycles. The monoisotopic (exact) mass is 228 g/mol. The summed E-state index contributed by atoms with van der Waals surface area (Å²) >= 11 is 0. The molecule has 86 valence electrons. The van der Waals surface area contributed by atoms with Crippen LogP contribution in [0.5, 0.6) is 5.75 Å². The molecule has 0 aliphatic heterocycles. The fourth-order valence-electron chi connectivity index (χ4n) is 1.30. The molecule has 2 N–H and O–H groups in total. The highest BCUT2D eigenvalue weighted by Crippen LogP contribution is 2.19. The van der Waals surface area contributed by atoms with Crippen molar-refractivity contribution in [3.63, 3.8) is 0 Å². The molecule has 0 bridgehead atoms. The van der Waals surface area contributed by atoms with Crippen molar-refractivity contribution in [1.82, 2.24) is 9.97 Å². The molecule has 0 radical (unpaired) electrons. The number of aromatic nitrogens is 2. The van der Waals surface area contributed by atoms with Crippen molar-refractivity contribution in [2.75, 3.05) is 5.43 Å². The Morgan fingerprint density at radius 1 is 1.24 bits per heavy atom. The summed E-state index contributed by atoms with van der Waals surface area (Å²) in [5.74, 6) is 0.642. The molecular weight excluding hydrogens is 216 g/mol. The van der Waals surface area contributed by atoms with Gasteiger partial charge in [-0.15, -0.1) is 0 Å². The normalized spacial score (nSPS) is 10.6. The van der Waals surface area contributed by atoms with Crippen molar-refractivity contribution >= 4 is 12.2 Å². The number of rotatable bonds is 3. The molecular formula is C12H12N4O. The number of nitrogens with one attached hydrogen (secondary N) is 1. The quantitative estimate of drug-likeness (QED) is 0.622. The van der Waals surface area contributed by atoms with E-state index in [0.29, 0.717) is 11.5 Å². The number of aromatic hydroxyl groups is 1. The van der Waals surface area contributed by atoms with E-state index in [2.05, 4.69) is 20.5 Å². The number of hydrogen-bond acceptors (Lipinski definition) is 5. The van der Waals surface area contributed by atoms with Gasteiger partial charge in [0.15, 0.2) is 0 Å². The Balaban J connectivity index is 2.09. The Hall–Kier alpha value is -2.43. The van der Waals surface area contributed by atoms with Crippen LogP contribution in [0.15, 0.2) is 41.8 Å². The Morgan fingerprint density at radius 3 is 2.76 bits per heavy atom. The van der Waals surface area contributed by atoms with Crippen LogP contribution in [-0.4, -0.2) is 21.3 Å². The predicted octanol–water partition coefficient (Wildman–Crippen LogP) is 1.94. The number of nitrogens with zero attached hydrogens (tertiary/aromatic N) is 3. The second-order valence-corrected chi connectivity index (χ2v) is 3.46. The largest absolute Gasteiger partial charge is 0.507 e. The summed E-state index contributed by atoms with van der Waals surface area (Å²) in [5.41, 5.74) is 4.13. The van der Waals surface area contributed by atoms with E-state index in [0.717, 1.165) is 5.56 Å². The minimum atomic E-state index is 0.229. The number of phenolic OH excluding ortho intramolecular Hbond substituents is 1. The molecule has 0 atom stereocenters. The van der Waals surface area contributed by atoms with E-state index in [-0.39, 0.29) is 5.75 Å². The standard InChI is InChI=1S/C12H12N4O/c1-9-4-2-5-10(11(9)17)8-15-16-12-13-6-3-7-14-12/h2-8,17H,1H3,(H,13,14,16)/b15-8+. The summed E-state index contributed by atoms with van der Waals surface area (Å²) in [4.78, 5) is 7.90. The van der Waals surface area contributed by atoms with Gasteiger partial charge in [0, 0.05) is 18.0 Å². The second kappa shape index (κ2) is 5.07. The fraction of sp³-hybridized carbons (Fsp3) is 0.0833. The van der Waals surface area contributed by atoms with Crippen LogP contribution in [0, 0.1) is 6.92 Å². The SMILES string of the molecule is Cc1cccc(/C=N/Nc2ncccn2)c1O. The van der Waals surface area contributed by atoms with Gasteiger partial charge in [-0.1, -0.05) is 12.1 Å². The van der Waals surface area contributed by atoms with Gasteiger partial charge in [-0.25, -0.2) is 15.4 Å². The zero-order chi connectivity index (χ0) is 12.1. The molecule has 1 heterocycles. The third-order valence-electron chi connectivity index (χ3n) is 2.20. The van der Waals surface area contributed by atoms with E-state index in [1.165, 1.54) is 6.21 Å². The molecule has 1 aromatic heterocycles. The molecule has 17 heavy (non-hydrogen) atoms. The van der Waals surface area contributed by atoms with E-state index in [1.54, 1.807) is 24.5 Å². The predicted molar refractivity (Wildman–Crippen MR) is 66.1 cm³/mol. The molecule has 0 fully saturated rings. The third kappa shape index (κ3) is 2.78. The highest BCUT2D eigenvalue weighted by Gasteiger charge is 2.00. The van der Waals surface area contributed by atoms with Gasteiger partial charge in [0.2, 0.25) is 5.95 Å². The van der Waals surface area contributed by atoms with Crippen LogP contribution < -0.4 is 5.43 Å². The summed E-state index contributed by atoms with van der Waals surface area (Å²) in [7, 11) is 0. The Kier molecular flexibility index (Phi) is 3.30. The fourth-order valence-corrected chi connectivity index (χ4v) is 1.30. The van der Waals surface area contributed by atoms with Crippen molar-refractivity contribution in [3.8, 4) is 5.75 Å². The Morgan fingerprint density at radius 2 is 2.00 bits per heavy atom. The summed E-state index contributed by atoms with van der Waals surface area (Å²) < 4.78 is 0. The highest BCUT2D eigenvalue weighted by molar-refractivity contribution is 5.84. The zero-order valence-corrected chi connectivity index (χ0v) is 9.33. The van der Waals surface area contributed by atoms with Crippen molar-refractivity contribution in [2.24, 2.45) is 5.10 Å². The first-order chi connectivity index (χ1) is 8.27. The number of aryl methyl sites for hydroxylation is 1. The van der Waals surface area contributed by atoms with Crippen LogP contribution in [0.2, 0.25) is 0 Å². The number of benzene rings is 1. The maximum atomic E-state index is 9.74. The van der Waals surface area contributed by atoms with Crippen LogP contribution in [0.3, 0.4) is 0 Å². The summed E-state index contributed by atoms with van der Waals surface area (Å²) in [6.45, 7) is 1.83. The number of hydrazone groups is 1. The first-order valence-electron chi connectivity index (χ1n) is 5.12. The molecule has 0 saturated heterocycles.